The van der Waals surface area contributed by atoms with Crippen molar-refractivity contribution in [2.24, 2.45) is 0 Å². The number of benzene rings is 2. The van der Waals surface area contributed by atoms with Crippen LogP contribution in [0.15, 0.2) is 48.5 Å². The van der Waals surface area contributed by atoms with Crippen molar-refractivity contribution in [2.45, 2.75) is 33.7 Å². The van der Waals surface area contributed by atoms with Gasteiger partial charge in [0.15, 0.2) is 0 Å². The Bertz CT molecular complexity index is 759. The summed E-state index contributed by atoms with van der Waals surface area (Å²) < 4.78 is 5.66. The summed E-state index contributed by atoms with van der Waals surface area (Å²) in [6.45, 7) is 7.36. The molecule has 2 aromatic carbocycles. The van der Waals surface area contributed by atoms with E-state index in [9.17, 15) is 9.59 Å². The first-order valence-electron chi connectivity index (χ1n) is 9.28. The van der Waals surface area contributed by atoms with Crippen molar-refractivity contribution in [2.75, 3.05) is 19.7 Å². The van der Waals surface area contributed by atoms with Crippen LogP contribution in [0, 0.1) is 13.8 Å². The van der Waals surface area contributed by atoms with E-state index in [4.69, 9.17) is 4.74 Å². The van der Waals surface area contributed by atoms with E-state index in [1.807, 2.05) is 69.3 Å². The molecule has 0 heterocycles. The number of amides is 2. The number of hydrogen-bond donors (Lipinski definition) is 1. The molecule has 144 valence electrons. The second kappa shape index (κ2) is 10.4. The lowest BCUT2D eigenvalue weighted by molar-refractivity contribution is -0.133. The van der Waals surface area contributed by atoms with Crippen LogP contribution in [0.1, 0.15) is 30.0 Å². The van der Waals surface area contributed by atoms with Crippen molar-refractivity contribution < 1.29 is 14.3 Å². The number of ether oxygens (including phenoxy) is 1. The third kappa shape index (κ3) is 6.77. The molecule has 0 aliphatic rings. The Balaban J connectivity index is 1.72. The number of aryl methyl sites for hydroxylation is 2. The van der Waals surface area contributed by atoms with Crippen molar-refractivity contribution in [3.05, 3.63) is 65.2 Å². The van der Waals surface area contributed by atoms with E-state index < -0.39 is 0 Å². The summed E-state index contributed by atoms with van der Waals surface area (Å²) in [6, 6.07) is 15.7. The van der Waals surface area contributed by atoms with E-state index in [0.717, 1.165) is 16.9 Å². The monoisotopic (exact) mass is 368 g/mol. The van der Waals surface area contributed by atoms with Gasteiger partial charge in [-0.1, -0.05) is 48.0 Å². The van der Waals surface area contributed by atoms with Gasteiger partial charge in [0.25, 0.3) is 0 Å². The summed E-state index contributed by atoms with van der Waals surface area (Å²) in [6.07, 6.45) is 0.214. The van der Waals surface area contributed by atoms with Gasteiger partial charge >= 0.3 is 0 Å². The fourth-order valence-electron chi connectivity index (χ4n) is 2.77. The normalized spacial score (nSPS) is 10.3. The molecule has 27 heavy (non-hydrogen) atoms. The predicted molar refractivity (Wildman–Crippen MR) is 107 cm³/mol. The minimum Gasteiger partial charge on any atom is -0.493 e. The molecule has 0 aliphatic carbocycles. The Kier molecular flexibility index (Phi) is 7.86. The summed E-state index contributed by atoms with van der Waals surface area (Å²) in [5.74, 6) is 0.498. The Hall–Kier alpha value is -2.82. The fraction of sp³-hybridized carbons (Fsp3) is 0.364. The summed E-state index contributed by atoms with van der Waals surface area (Å²) in [5, 5.41) is 2.68. The lowest BCUT2D eigenvalue weighted by Crippen LogP contribution is -2.40. The topological polar surface area (TPSA) is 58.6 Å². The molecule has 1 N–H and O–H groups in total. The molecule has 5 nitrogen and oxygen atoms in total. The van der Waals surface area contributed by atoms with E-state index in [0.29, 0.717) is 13.1 Å². The molecule has 0 spiro atoms. The maximum Gasteiger partial charge on any atom is 0.242 e. The van der Waals surface area contributed by atoms with Crippen LogP contribution in [0.25, 0.3) is 0 Å². The molecule has 0 unspecified atom stereocenters. The second-order valence-corrected chi connectivity index (χ2v) is 6.54. The van der Waals surface area contributed by atoms with Crippen LogP contribution in [-0.2, 0) is 16.1 Å². The summed E-state index contributed by atoms with van der Waals surface area (Å²) in [7, 11) is 0. The van der Waals surface area contributed by atoms with Crippen molar-refractivity contribution in [1.82, 2.24) is 10.2 Å². The summed E-state index contributed by atoms with van der Waals surface area (Å²) in [5.41, 5.74) is 3.29. The summed E-state index contributed by atoms with van der Waals surface area (Å²) >= 11 is 0. The highest BCUT2D eigenvalue weighted by Gasteiger charge is 2.13. The summed E-state index contributed by atoms with van der Waals surface area (Å²) in [4.78, 5) is 26.0. The predicted octanol–water partition coefficient (Wildman–Crippen LogP) is 3.24. The molecule has 0 aromatic heterocycles. The molecule has 2 aromatic rings. The number of carbonyl (C=O) groups is 2. The largest absolute Gasteiger partial charge is 0.493 e. The van der Waals surface area contributed by atoms with Crippen molar-refractivity contribution in [1.29, 1.82) is 0 Å². The molecule has 0 bridgehead atoms. The first kappa shape index (κ1) is 20.5. The van der Waals surface area contributed by atoms with E-state index in [-0.39, 0.29) is 31.4 Å². The molecule has 2 amide bonds. The minimum atomic E-state index is -0.191. The number of likely N-dealkylation sites (N-methyl/N-ethyl adjacent to an activating group) is 1. The number of hydrogen-bond acceptors (Lipinski definition) is 3. The molecule has 2 rings (SSSR count). The maximum absolute atomic E-state index is 12.3. The lowest BCUT2D eigenvalue weighted by atomic mass is 10.1. The van der Waals surface area contributed by atoms with Gasteiger partial charge in [-0.25, -0.2) is 0 Å². The van der Waals surface area contributed by atoms with E-state index >= 15 is 0 Å². The van der Waals surface area contributed by atoms with E-state index in [2.05, 4.69) is 5.32 Å². The zero-order chi connectivity index (χ0) is 19.6. The number of rotatable bonds is 9. The van der Waals surface area contributed by atoms with Gasteiger partial charge in [0, 0.05) is 13.1 Å². The number of nitrogens with one attached hydrogen (secondary N) is 1. The Morgan fingerprint density at radius 3 is 2.48 bits per heavy atom. The Labute approximate surface area is 161 Å². The van der Waals surface area contributed by atoms with Gasteiger partial charge in [-0.2, -0.15) is 0 Å². The van der Waals surface area contributed by atoms with Gasteiger partial charge < -0.3 is 15.0 Å². The number of carbonyl (C=O) groups excluding carboxylic acids is 2. The standard InChI is InChI=1S/C22H28N2O3/c1-4-24(16-19-8-6-5-7-9-19)22(26)15-23-21(25)12-13-27-20-11-10-17(2)14-18(20)3/h5-11,14H,4,12-13,15-16H2,1-3H3,(H,23,25). The van der Waals surface area contributed by atoms with Crippen molar-refractivity contribution >= 4 is 11.8 Å². The molecular weight excluding hydrogens is 340 g/mol. The highest BCUT2D eigenvalue weighted by Crippen LogP contribution is 2.18. The van der Waals surface area contributed by atoms with Crippen LogP contribution < -0.4 is 10.1 Å². The molecule has 0 aliphatic heterocycles. The van der Waals surface area contributed by atoms with Crippen molar-refractivity contribution in [3.8, 4) is 5.75 Å². The zero-order valence-corrected chi connectivity index (χ0v) is 16.3. The van der Waals surface area contributed by atoms with E-state index in [1.165, 1.54) is 5.56 Å². The van der Waals surface area contributed by atoms with Crippen LogP contribution in [0.3, 0.4) is 0 Å². The van der Waals surface area contributed by atoms with Gasteiger partial charge in [-0.15, -0.1) is 0 Å². The van der Waals surface area contributed by atoms with Crippen LogP contribution >= 0.6 is 0 Å². The molecular formula is C22H28N2O3. The molecule has 0 saturated heterocycles. The van der Waals surface area contributed by atoms with Crippen LogP contribution in [0.2, 0.25) is 0 Å². The number of nitrogens with zero attached hydrogens (tertiary/aromatic N) is 1. The van der Waals surface area contributed by atoms with Gasteiger partial charge in [0.1, 0.15) is 5.75 Å². The zero-order valence-electron chi connectivity index (χ0n) is 16.3. The average molecular weight is 368 g/mol. The van der Waals surface area contributed by atoms with Gasteiger partial charge in [0.05, 0.1) is 19.6 Å². The van der Waals surface area contributed by atoms with Crippen LogP contribution in [0.4, 0.5) is 0 Å². The second-order valence-electron chi connectivity index (χ2n) is 6.54. The smallest absolute Gasteiger partial charge is 0.242 e. The minimum absolute atomic E-state index is 0.00304. The third-order valence-electron chi connectivity index (χ3n) is 4.30. The molecule has 0 radical (unpaired) electrons. The van der Waals surface area contributed by atoms with Gasteiger partial charge in [-0.05, 0) is 38.0 Å². The SMILES string of the molecule is CCN(Cc1ccccc1)C(=O)CNC(=O)CCOc1ccc(C)cc1C. The van der Waals surface area contributed by atoms with Gasteiger partial charge in [-0.3, -0.25) is 9.59 Å². The highest BCUT2D eigenvalue weighted by molar-refractivity contribution is 5.84. The fourth-order valence-corrected chi connectivity index (χ4v) is 2.77. The Morgan fingerprint density at radius 2 is 1.81 bits per heavy atom. The molecule has 0 atom stereocenters. The van der Waals surface area contributed by atoms with Crippen LogP contribution in [0.5, 0.6) is 5.75 Å². The highest BCUT2D eigenvalue weighted by atomic mass is 16.5. The first-order chi connectivity index (χ1) is 13.0. The lowest BCUT2D eigenvalue weighted by Gasteiger charge is -2.21. The van der Waals surface area contributed by atoms with E-state index in [1.54, 1.807) is 4.90 Å². The maximum atomic E-state index is 12.3. The first-order valence-corrected chi connectivity index (χ1v) is 9.28. The Morgan fingerprint density at radius 1 is 1.07 bits per heavy atom. The van der Waals surface area contributed by atoms with Crippen LogP contribution in [-0.4, -0.2) is 36.4 Å². The quantitative estimate of drug-likeness (QED) is 0.739. The molecule has 0 saturated carbocycles. The molecule has 0 fully saturated rings. The molecule has 5 heteroatoms. The average Bonchev–Trinajstić information content (AvgIpc) is 2.66. The van der Waals surface area contributed by atoms with Crippen molar-refractivity contribution in [3.63, 3.8) is 0 Å². The van der Waals surface area contributed by atoms with Gasteiger partial charge in [0.2, 0.25) is 11.8 Å². The third-order valence-corrected chi connectivity index (χ3v) is 4.30.